The van der Waals surface area contributed by atoms with Gasteiger partial charge in [0.1, 0.15) is 11.7 Å². The van der Waals surface area contributed by atoms with Crippen LogP contribution in [0.2, 0.25) is 0 Å². The summed E-state index contributed by atoms with van der Waals surface area (Å²) in [5.74, 6) is 1.37. The SMILES string of the molecule is COc1ccc(CCNC[C@H](O)Cn2c3ccccc3n3c(=O)cc(C)c(C#N)c23)cc1OC. The first-order valence-corrected chi connectivity index (χ1v) is 11.1. The number of hydrogen-bond acceptors (Lipinski definition) is 6. The molecule has 8 nitrogen and oxygen atoms in total. The molecule has 0 fully saturated rings. The number of aromatic nitrogens is 2. The quantitative estimate of drug-likeness (QED) is 0.373. The summed E-state index contributed by atoms with van der Waals surface area (Å²) >= 11 is 0. The fraction of sp³-hybridized carbons (Fsp3) is 0.308. The van der Waals surface area contributed by atoms with Crippen molar-refractivity contribution in [3.8, 4) is 17.6 Å². The number of aryl methyl sites for hydroxylation is 1. The maximum Gasteiger partial charge on any atom is 0.257 e. The lowest BCUT2D eigenvalue weighted by molar-refractivity contribution is 0.154. The maximum absolute atomic E-state index is 12.8. The van der Waals surface area contributed by atoms with Crippen molar-refractivity contribution in [1.82, 2.24) is 14.3 Å². The average molecular weight is 461 g/mol. The van der Waals surface area contributed by atoms with Gasteiger partial charge in [0.05, 0.1) is 43.5 Å². The standard InChI is InChI=1S/C26H28N4O4/c1-17-12-25(32)30-22-7-5-4-6-21(22)29(26(30)20(17)14-27)16-19(31)15-28-11-10-18-8-9-23(33-2)24(13-18)34-3/h4-9,12-13,19,28,31H,10-11,15-16H2,1-3H3/t19-/m0/s1. The van der Waals surface area contributed by atoms with E-state index in [0.717, 1.165) is 17.5 Å². The second kappa shape index (κ2) is 10.00. The first-order valence-electron chi connectivity index (χ1n) is 11.1. The number of nitrogens with one attached hydrogen (secondary N) is 1. The van der Waals surface area contributed by atoms with Crippen LogP contribution in [-0.2, 0) is 13.0 Å². The predicted molar refractivity (Wildman–Crippen MR) is 131 cm³/mol. The zero-order valence-electron chi connectivity index (χ0n) is 19.5. The Morgan fingerprint density at radius 2 is 1.82 bits per heavy atom. The van der Waals surface area contributed by atoms with Gasteiger partial charge in [-0.1, -0.05) is 18.2 Å². The van der Waals surface area contributed by atoms with Gasteiger partial charge in [0.15, 0.2) is 11.5 Å². The van der Waals surface area contributed by atoms with Gasteiger partial charge in [-0.2, -0.15) is 5.26 Å². The van der Waals surface area contributed by atoms with Crippen molar-refractivity contribution in [2.24, 2.45) is 0 Å². The van der Waals surface area contributed by atoms with Crippen molar-refractivity contribution in [3.05, 3.63) is 75.6 Å². The first kappa shape index (κ1) is 23.4. The number of fused-ring (bicyclic) bond motifs is 3. The molecule has 0 aliphatic rings. The van der Waals surface area contributed by atoms with Gasteiger partial charge in [-0.3, -0.25) is 9.20 Å². The second-order valence-electron chi connectivity index (χ2n) is 8.21. The van der Waals surface area contributed by atoms with Gasteiger partial charge in [0, 0.05) is 12.6 Å². The predicted octanol–water partition coefficient (Wildman–Crippen LogP) is 2.64. The minimum absolute atomic E-state index is 0.191. The van der Waals surface area contributed by atoms with Crippen molar-refractivity contribution in [2.45, 2.75) is 26.0 Å². The Labute approximate surface area is 197 Å². The molecule has 2 N–H and O–H groups in total. The molecule has 2 heterocycles. The van der Waals surface area contributed by atoms with Gasteiger partial charge < -0.3 is 24.5 Å². The number of imidazole rings is 1. The number of pyridine rings is 1. The molecule has 34 heavy (non-hydrogen) atoms. The minimum atomic E-state index is -0.716. The van der Waals surface area contributed by atoms with E-state index in [1.54, 1.807) is 25.5 Å². The van der Waals surface area contributed by atoms with Crippen molar-refractivity contribution >= 4 is 16.7 Å². The van der Waals surface area contributed by atoms with Crippen LogP contribution in [-0.4, -0.2) is 47.5 Å². The number of aliphatic hydroxyl groups excluding tert-OH is 1. The average Bonchev–Trinajstić information content (AvgIpc) is 3.16. The molecule has 0 spiro atoms. The third kappa shape index (κ3) is 4.36. The van der Waals surface area contributed by atoms with E-state index in [0.29, 0.717) is 46.9 Å². The summed E-state index contributed by atoms with van der Waals surface area (Å²) in [5.41, 5.74) is 3.99. The maximum atomic E-state index is 12.8. The highest BCUT2D eigenvalue weighted by Gasteiger charge is 2.19. The Hall–Kier alpha value is -3.80. The van der Waals surface area contributed by atoms with Crippen LogP contribution in [0.1, 0.15) is 16.7 Å². The van der Waals surface area contributed by atoms with Crippen LogP contribution < -0.4 is 20.3 Å². The summed E-state index contributed by atoms with van der Waals surface area (Å²) in [5, 5.41) is 23.9. The van der Waals surface area contributed by atoms with Crippen LogP contribution in [0, 0.1) is 18.3 Å². The van der Waals surface area contributed by atoms with Crippen molar-refractivity contribution in [3.63, 3.8) is 0 Å². The highest BCUT2D eigenvalue weighted by Crippen LogP contribution is 2.27. The molecule has 176 valence electrons. The largest absolute Gasteiger partial charge is 0.493 e. The fourth-order valence-electron chi connectivity index (χ4n) is 4.33. The Bertz CT molecular complexity index is 1430. The molecule has 0 unspecified atom stereocenters. The monoisotopic (exact) mass is 460 g/mol. The van der Waals surface area contributed by atoms with Gasteiger partial charge in [0.25, 0.3) is 5.56 Å². The van der Waals surface area contributed by atoms with E-state index in [9.17, 15) is 15.2 Å². The highest BCUT2D eigenvalue weighted by molar-refractivity contribution is 5.84. The molecular weight excluding hydrogens is 432 g/mol. The van der Waals surface area contributed by atoms with Crippen LogP contribution in [0.3, 0.4) is 0 Å². The molecule has 0 saturated carbocycles. The normalized spacial score (nSPS) is 12.1. The van der Waals surface area contributed by atoms with Crippen LogP contribution in [0.4, 0.5) is 0 Å². The number of aliphatic hydroxyl groups is 1. The Morgan fingerprint density at radius 1 is 1.09 bits per heavy atom. The summed E-state index contributed by atoms with van der Waals surface area (Å²) in [6.45, 7) is 3.04. The minimum Gasteiger partial charge on any atom is -0.493 e. The third-order valence-electron chi connectivity index (χ3n) is 5.98. The lowest BCUT2D eigenvalue weighted by atomic mass is 10.1. The second-order valence-corrected chi connectivity index (χ2v) is 8.21. The number of nitriles is 1. The molecule has 0 amide bonds. The molecule has 2 aromatic carbocycles. The number of nitrogens with zero attached hydrogens (tertiary/aromatic N) is 3. The van der Waals surface area contributed by atoms with E-state index in [1.807, 2.05) is 47.0 Å². The fourth-order valence-corrected chi connectivity index (χ4v) is 4.33. The van der Waals surface area contributed by atoms with Crippen molar-refractivity contribution in [1.29, 1.82) is 5.26 Å². The number of methoxy groups -OCH3 is 2. The number of hydrogen-bond donors (Lipinski definition) is 2. The van der Waals surface area contributed by atoms with Crippen molar-refractivity contribution in [2.75, 3.05) is 27.3 Å². The van der Waals surface area contributed by atoms with Gasteiger partial charge in [-0.25, -0.2) is 0 Å². The molecule has 0 bridgehead atoms. The van der Waals surface area contributed by atoms with Gasteiger partial charge in [-0.15, -0.1) is 0 Å². The lowest BCUT2D eigenvalue weighted by Gasteiger charge is -2.15. The molecule has 0 aliphatic heterocycles. The number of benzene rings is 2. The number of para-hydroxylation sites is 2. The van der Waals surface area contributed by atoms with Gasteiger partial charge in [0.2, 0.25) is 0 Å². The molecule has 2 aromatic heterocycles. The van der Waals surface area contributed by atoms with Crippen LogP contribution in [0.5, 0.6) is 11.5 Å². The highest BCUT2D eigenvalue weighted by atomic mass is 16.5. The summed E-state index contributed by atoms with van der Waals surface area (Å²) in [6.07, 6.45) is 0.0440. The van der Waals surface area contributed by atoms with Crippen LogP contribution in [0.15, 0.2) is 53.3 Å². The molecular formula is C26H28N4O4. The summed E-state index contributed by atoms with van der Waals surface area (Å²) in [4.78, 5) is 12.8. The zero-order chi connectivity index (χ0) is 24.2. The Morgan fingerprint density at radius 3 is 2.53 bits per heavy atom. The third-order valence-corrected chi connectivity index (χ3v) is 5.98. The van der Waals surface area contributed by atoms with E-state index in [1.165, 1.54) is 6.07 Å². The summed E-state index contributed by atoms with van der Waals surface area (Å²) in [6, 6.07) is 17.0. The Balaban J connectivity index is 1.51. The summed E-state index contributed by atoms with van der Waals surface area (Å²) in [7, 11) is 3.22. The first-order chi connectivity index (χ1) is 16.5. The van der Waals surface area contributed by atoms with Crippen molar-refractivity contribution < 1.29 is 14.6 Å². The zero-order valence-corrected chi connectivity index (χ0v) is 19.5. The van der Waals surface area contributed by atoms with Crippen LogP contribution >= 0.6 is 0 Å². The van der Waals surface area contributed by atoms with E-state index >= 15 is 0 Å². The molecule has 0 radical (unpaired) electrons. The van der Waals surface area contributed by atoms with Gasteiger partial charge >= 0.3 is 0 Å². The summed E-state index contributed by atoms with van der Waals surface area (Å²) < 4.78 is 14.0. The number of ether oxygens (including phenoxy) is 2. The molecule has 8 heteroatoms. The molecule has 0 saturated heterocycles. The van der Waals surface area contributed by atoms with E-state index in [-0.39, 0.29) is 12.1 Å². The lowest BCUT2D eigenvalue weighted by Crippen LogP contribution is -2.31. The van der Waals surface area contributed by atoms with E-state index < -0.39 is 6.10 Å². The number of rotatable bonds is 9. The van der Waals surface area contributed by atoms with Gasteiger partial charge in [-0.05, 0) is 55.3 Å². The van der Waals surface area contributed by atoms with E-state index in [4.69, 9.17) is 9.47 Å². The topological polar surface area (TPSA) is 101 Å². The van der Waals surface area contributed by atoms with E-state index in [2.05, 4.69) is 11.4 Å². The Kier molecular flexibility index (Phi) is 6.87. The molecule has 4 aromatic rings. The molecule has 4 rings (SSSR count). The smallest absolute Gasteiger partial charge is 0.257 e. The molecule has 0 aliphatic carbocycles. The molecule has 1 atom stereocenters. The van der Waals surface area contributed by atoms with Crippen LogP contribution in [0.25, 0.3) is 16.7 Å².